The standard InChI is InChI=1S/C17H19N7O3S/c1-2-27-11-3-10(4-11)23-7-13(14(22-23)16(19)26)24-6-9(5-20-24)17-21-12(8-28-17)15(18)25/h5-8,10-11H,2-4H2,1H3,(H2,18,25)(H2,19,26). The maximum Gasteiger partial charge on any atom is 0.271 e. The zero-order valence-electron chi connectivity index (χ0n) is 15.1. The third-order valence-electron chi connectivity index (χ3n) is 4.63. The number of hydrogen-bond acceptors (Lipinski definition) is 7. The molecule has 0 aromatic carbocycles. The summed E-state index contributed by atoms with van der Waals surface area (Å²) >= 11 is 1.29. The van der Waals surface area contributed by atoms with Crippen molar-refractivity contribution in [3.63, 3.8) is 0 Å². The summed E-state index contributed by atoms with van der Waals surface area (Å²) < 4.78 is 8.86. The van der Waals surface area contributed by atoms with Crippen molar-refractivity contribution >= 4 is 23.2 Å². The molecule has 4 N–H and O–H groups in total. The molecule has 10 nitrogen and oxygen atoms in total. The average molecular weight is 401 g/mol. The minimum atomic E-state index is -0.628. The van der Waals surface area contributed by atoms with Gasteiger partial charge >= 0.3 is 0 Å². The van der Waals surface area contributed by atoms with Crippen LogP contribution in [0, 0.1) is 0 Å². The molecule has 0 unspecified atom stereocenters. The van der Waals surface area contributed by atoms with Gasteiger partial charge in [0.25, 0.3) is 11.8 Å². The molecule has 3 heterocycles. The molecule has 0 spiro atoms. The van der Waals surface area contributed by atoms with Crippen molar-refractivity contribution in [1.29, 1.82) is 0 Å². The van der Waals surface area contributed by atoms with Crippen LogP contribution >= 0.6 is 11.3 Å². The van der Waals surface area contributed by atoms with Gasteiger partial charge in [-0.2, -0.15) is 10.2 Å². The highest BCUT2D eigenvalue weighted by Crippen LogP contribution is 2.35. The van der Waals surface area contributed by atoms with E-state index < -0.39 is 11.8 Å². The summed E-state index contributed by atoms with van der Waals surface area (Å²) in [6.07, 6.45) is 6.97. The maximum atomic E-state index is 11.9. The van der Waals surface area contributed by atoms with Crippen molar-refractivity contribution in [3.8, 4) is 16.3 Å². The lowest BCUT2D eigenvalue weighted by Gasteiger charge is -2.34. The third-order valence-corrected chi connectivity index (χ3v) is 5.52. The molecular weight excluding hydrogens is 382 g/mol. The third kappa shape index (κ3) is 3.29. The number of thiazole rings is 1. The highest BCUT2D eigenvalue weighted by molar-refractivity contribution is 7.13. The predicted molar refractivity (Wildman–Crippen MR) is 101 cm³/mol. The van der Waals surface area contributed by atoms with E-state index in [0.717, 1.165) is 12.8 Å². The summed E-state index contributed by atoms with van der Waals surface area (Å²) in [5.41, 5.74) is 12.3. The van der Waals surface area contributed by atoms with Crippen LogP contribution in [0.2, 0.25) is 0 Å². The van der Waals surface area contributed by atoms with Crippen LogP contribution in [0.4, 0.5) is 0 Å². The predicted octanol–water partition coefficient (Wildman–Crippen LogP) is 1.13. The van der Waals surface area contributed by atoms with Gasteiger partial charge in [-0.15, -0.1) is 11.3 Å². The first-order valence-electron chi connectivity index (χ1n) is 8.77. The van der Waals surface area contributed by atoms with Gasteiger partial charge in [-0.25, -0.2) is 9.67 Å². The molecule has 1 aliphatic carbocycles. The van der Waals surface area contributed by atoms with Gasteiger partial charge in [0, 0.05) is 23.7 Å². The summed E-state index contributed by atoms with van der Waals surface area (Å²) in [6, 6.07) is 0.163. The number of carbonyl (C=O) groups is 2. The van der Waals surface area contributed by atoms with Crippen molar-refractivity contribution in [2.24, 2.45) is 11.5 Å². The second kappa shape index (κ2) is 7.17. The van der Waals surface area contributed by atoms with Crippen LogP contribution < -0.4 is 11.5 Å². The molecule has 2 amide bonds. The van der Waals surface area contributed by atoms with E-state index in [-0.39, 0.29) is 23.5 Å². The number of amides is 2. The Kier molecular flexibility index (Phi) is 4.69. The van der Waals surface area contributed by atoms with Crippen molar-refractivity contribution in [2.75, 3.05) is 6.61 Å². The van der Waals surface area contributed by atoms with E-state index in [4.69, 9.17) is 16.2 Å². The minimum Gasteiger partial charge on any atom is -0.378 e. The summed E-state index contributed by atoms with van der Waals surface area (Å²) in [4.78, 5) is 27.3. The molecule has 1 saturated carbocycles. The van der Waals surface area contributed by atoms with Gasteiger partial charge < -0.3 is 16.2 Å². The van der Waals surface area contributed by atoms with Crippen LogP contribution in [0.5, 0.6) is 0 Å². The number of nitrogens with two attached hydrogens (primary N) is 2. The van der Waals surface area contributed by atoms with E-state index >= 15 is 0 Å². The summed E-state index contributed by atoms with van der Waals surface area (Å²) in [6.45, 7) is 2.65. The molecule has 0 atom stereocenters. The van der Waals surface area contributed by atoms with Crippen LogP contribution in [0.1, 0.15) is 46.8 Å². The lowest BCUT2D eigenvalue weighted by molar-refractivity contribution is -0.0227. The Balaban J connectivity index is 1.61. The number of ether oxygens (including phenoxy) is 1. The largest absolute Gasteiger partial charge is 0.378 e. The van der Waals surface area contributed by atoms with Gasteiger partial charge in [-0.1, -0.05) is 0 Å². The van der Waals surface area contributed by atoms with Crippen molar-refractivity contribution in [1.82, 2.24) is 24.5 Å². The molecule has 0 aliphatic heterocycles. The van der Waals surface area contributed by atoms with E-state index in [2.05, 4.69) is 15.2 Å². The lowest BCUT2D eigenvalue weighted by atomic mass is 9.89. The Labute approximate surface area is 164 Å². The Morgan fingerprint density at radius 2 is 2.07 bits per heavy atom. The molecule has 0 radical (unpaired) electrons. The van der Waals surface area contributed by atoms with Gasteiger partial charge in [0.2, 0.25) is 0 Å². The van der Waals surface area contributed by atoms with Crippen molar-refractivity contribution < 1.29 is 14.3 Å². The number of primary amides is 2. The molecule has 1 aliphatic rings. The SMILES string of the molecule is CCOC1CC(n2cc(-n3cc(-c4nc(C(N)=O)cs4)cn3)c(C(N)=O)n2)C1. The van der Waals surface area contributed by atoms with Crippen LogP contribution in [0.25, 0.3) is 16.3 Å². The molecule has 0 bridgehead atoms. The number of hydrogen-bond donors (Lipinski definition) is 2. The fraction of sp³-hybridized carbons (Fsp3) is 0.353. The first-order valence-corrected chi connectivity index (χ1v) is 9.65. The quantitative estimate of drug-likeness (QED) is 0.607. The van der Waals surface area contributed by atoms with Gasteiger partial charge in [0.15, 0.2) is 5.69 Å². The Morgan fingerprint density at radius 1 is 1.29 bits per heavy atom. The van der Waals surface area contributed by atoms with Crippen molar-refractivity contribution in [2.45, 2.75) is 31.9 Å². The summed E-state index contributed by atoms with van der Waals surface area (Å²) in [5, 5.41) is 10.9. The number of aromatic nitrogens is 5. The molecular formula is C17H19N7O3S. The normalized spacial score (nSPS) is 18.8. The monoisotopic (exact) mass is 401 g/mol. The zero-order chi connectivity index (χ0) is 19.8. The first kappa shape index (κ1) is 18.3. The smallest absolute Gasteiger partial charge is 0.271 e. The molecule has 3 aromatic heterocycles. The Bertz CT molecular complexity index is 1030. The van der Waals surface area contributed by atoms with Gasteiger partial charge in [0.05, 0.1) is 24.5 Å². The number of rotatable bonds is 7. The summed E-state index contributed by atoms with van der Waals surface area (Å²) in [7, 11) is 0. The molecule has 1 fully saturated rings. The topological polar surface area (TPSA) is 144 Å². The Hall–Kier alpha value is -3.05. The van der Waals surface area contributed by atoms with E-state index in [9.17, 15) is 9.59 Å². The second-order valence-electron chi connectivity index (χ2n) is 6.49. The zero-order valence-corrected chi connectivity index (χ0v) is 15.9. The first-order chi connectivity index (χ1) is 13.5. The van der Waals surface area contributed by atoms with Crippen LogP contribution in [0.3, 0.4) is 0 Å². The van der Waals surface area contributed by atoms with Crippen LogP contribution in [-0.4, -0.2) is 49.1 Å². The van der Waals surface area contributed by atoms with E-state index in [1.807, 2.05) is 6.92 Å². The second-order valence-corrected chi connectivity index (χ2v) is 7.34. The highest BCUT2D eigenvalue weighted by atomic mass is 32.1. The minimum absolute atomic E-state index is 0.145. The lowest BCUT2D eigenvalue weighted by Crippen LogP contribution is -2.33. The molecule has 28 heavy (non-hydrogen) atoms. The van der Waals surface area contributed by atoms with E-state index in [1.165, 1.54) is 16.0 Å². The fourth-order valence-corrected chi connectivity index (χ4v) is 3.91. The maximum absolute atomic E-state index is 11.9. The number of nitrogens with zero attached hydrogens (tertiary/aromatic N) is 5. The van der Waals surface area contributed by atoms with E-state index in [1.54, 1.807) is 28.7 Å². The molecule has 3 aromatic rings. The van der Waals surface area contributed by atoms with Crippen molar-refractivity contribution in [3.05, 3.63) is 35.4 Å². The molecule has 146 valence electrons. The molecule has 11 heteroatoms. The fourth-order valence-electron chi connectivity index (χ4n) is 3.12. The highest BCUT2D eigenvalue weighted by Gasteiger charge is 2.33. The summed E-state index contributed by atoms with van der Waals surface area (Å²) in [5.74, 6) is -1.21. The number of carbonyl (C=O) groups excluding carboxylic acids is 2. The molecule has 4 rings (SSSR count). The van der Waals surface area contributed by atoms with Gasteiger partial charge in [-0.05, 0) is 19.8 Å². The van der Waals surface area contributed by atoms with Crippen LogP contribution in [-0.2, 0) is 4.74 Å². The van der Waals surface area contributed by atoms with Gasteiger partial charge in [0.1, 0.15) is 16.4 Å². The molecule has 0 saturated heterocycles. The van der Waals surface area contributed by atoms with E-state index in [0.29, 0.717) is 22.9 Å². The van der Waals surface area contributed by atoms with Gasteiger partial charge in [-0.3, -0.25) is 14.3 Å². The average Bonchev–Trinajstić information content (AvgIpc) is 3.35. The Morgan fingerprint density at radius 3 is 2.71 bits per heavy atom. The van der Waals surface area contributed by atoms with Crippen LogP contribution in [0.15, 0.2) is 24.0 Å².